The van der Waals surface area contributed by atoms with Crippen LogP contribution in [0.25, 0.3) is 11.3 Å². The molecule has 0 radical (unpaired) electrons. The minimum absolute atomic E-state index is 0.114. The summed E-state index contributed by atoms with van der Waals surface area (Å²) in [6.45, 7) is 1.69. The van der Waals surface area contributed by atoms with Gasteiger partial charge in [-0.2, -0.15) is 0 Å². The van der Waals surface area contributed by atoms with E-state index < -0.39 is 0 Å². The fourth-order valence-electron chi connectivity index (χ4n) is 3.68. The van der Waals surface area contributed by atoms with Gasteiger partial charge in [-0.05, 0) is 42.5 Å². The van der Waals surface area contributed by atoms with Gasteiger partial charge in [-0.3, -0.25) is 9.59 Å². The zero-order chi connectivity index (χ0) is 22.7. The largest absolute Gasteiger partial charge is 0.493 e. The van der Waals surface area contributed by atoms with Gasteiger partial charge < -0.3 is 23.7 Å². The normalized spacial score (nSPS) is 13.7. The quantitative estimate of drug-likeness (QED) is 0.577. The lowest BCUT2D eigenvalue weighted by Gasteiger charge is -2.34. The zero-order valence-corrected chi connectivity index (χ0v) is 18.6. The molecular weight excluding hydrogens is 432 g/mol. The van der Waals surface area contributed by atoms with Gasteiger partial charge in [0.05, 0.1) is 19.2 Å². The van der Waals surface area contributed by atoms with Crippen molar-refractivity contribution in [2.45, 2.75) is 0 Å². The van der Waals surface area contributed by atoms with Crippen LogP contribution >= 0.6 is 11.6 Å². The Morgan fingerprint density at radius 1 is 0.844 bits per heavy atom. The van der Waals surface area contributed by atoms with Crippen LogP contribution in [-0.2, 0) is 0 Å². The van der Waals surface area contributed by atoms with Crippen LogP contribution in [0.5, 0.6) is 11.5 Å². The van der Waals surface area contributed by atoms with Crippen LogP contribution in [-0.4, -0.2) is 62.0 Å². The molecule has 0 N–H and O–H groups in total. The van der Waals surface area contributed by atoms with E-state index in [1.165, 1.54) is 7.11 Å². The van der Waals surface area contributed by atoms with Gasteiger partial charge in [0.2, 0.25) is 0 Å². The van der Waals surface area contributed by atoms with Crippen molar-refractivity contribution in [3.63, 3.8) is 0 Å². The second-order valence-corrected chi connectivity index (χ2v) is 7.71. The van der Waals surface area contributed by atoms with Crippen LogP contribution in [0.3, 0.4) is 0 Å². The molecule has 7 nitrogen and oxygen atoms in total. The molecule has 166 valence electrons. The van der Waals surface area contributed by atoms with Crippen molar-refractivity contribution in [2.75, 3.05) is 40.4 Å². The molecule has 3 aromatic rings. The van der Waals surface area contributed by atoms with E-state index in [0.29, 0.717) is 54.0 Å². The van der Waals surface area contributed by atoms with E-state index in [1.54, 1.807) is 53.3 Å². The smallest absolute Gasteiger partial charge is 0.289 e. The van der Waals surface area contributed by atoms with E-state index in [0.717, 1.165) is 5.56 Å². The third-order valence-corrected chi connectivity index (χ3v) is 5.77. The van der Waals surface area contributed by atoms with Crippen LogP contribution < -0.4 is 9.47 Å². The SMILES string of the molecule is COc1ccc(C(=O)N2CCN(C(=O)c3ccc(-c4ccccc4Cl)o3)CC2)cc1OC. The summed E-state index contributed by atoms with van der Waals surface area (Å²) in [5.74, 6) is 1.53. The number of hydrogen-bond donors (Lipinski definition) is 0. The molecule has 1 fully saturated rings. The van der Waals surface area contributed by atoms with Gasteiger partial charge in [0.25, 0.3) is 11.8 Å². The van der Waals surface area contributed by atoms with Crippen molar-refractivity contribution in [3.05, 3.63) is 70.9 Å². The molecule has 1 aliphatic heterocycles. The van der Waals surface area contributed by atoms with Crippen molar-refractivity contribution >= 4 is 23.4 Å². The summed E-state index contributed by atoms with van der Waals surface area (Å²) < 4.78 is 16.3. The summed E-state index contributed by atoms with van der Waals surface area (Å²) in [4.78, 5) is 29.2. The van der Waals surface area contributed by atoms with Crippen molar-refractivity contribution in [2.24, 2.45) is 0 Å². The van der Waals surface area contributed by atoms with Gasteiger partial charge in [-0.15, -0.1) is 0 Å². The molecule has 2 aromatic carbocycles. The molecule has 4 rings (SSSR count). The number of furan rings is 1. The van der Waals surface area contributed by atoms with E-state index >= 15 is 0 Å². The lowest BCUT2D eigenvalue weighted by Crippen LogP contribution is -2.50. The first kappa shape index (κ1) is 21.8. The Labute approximate surface area is 191 Å². The van der Waals surface area contributed by atoms with Gasteiger partial charge in [-0.25, -0.2) is 0 Å². The van der Waals surface area contributed by atoms with Gasteiger partial charge in [0.15, 0.2) is 17.3 Å². The molecule has 1 aliphatic rings. The van der Waals surface area contributed by atoms with Gasteiger partial charge in [0.1, 0.15) is 5.76 Å². The molecule has 0 aliphatic carbocycles. The molecule has 2 amide bonds. The highest BCUT2D eigenvalue weighted by atomic mass is 35.5. The summed E-state index contributed by atoms with van der Waals surface area (Å²) in [5, 5.41) is 0.558. The second kappa shape index (κ2) is 9.36. The molecule has 1 saturated heterocycles. The number of halogens is 1. The van der Waals surface area contributed by atoms with Gasteiger partial charge in [-0.1, -0.05) is 23.7 Å². The Bertz CT molecular complexity index is 1130. The minimum Gasteiger partial charge on any atom is -0.493 e. The molecule has 0 saturated carbocycles. The molecule has 0 bridgehead atoms. The topological polar surface area (TPSA) is 72.2 Å². The van der Waals surface area contributed by atoms with E-state index in [2.05, 4.69) is 0 Å². The number of amides is 2. The Hall–Kier alpha value is -3.45. The highest BCUT2D eigenvalue weighted by molar-refractivity contribution is 6.33. The second-order valence-electron chi connectivity index (χ2n) is 7.30. The maximum absolute atomic E-state index is 12.9. The number of carbonyl (C=O) groups is 2. The number of nitrogens with zero attached hydrogens (tertiary/aromatic N) is 2. The molecular formula is C24H23ClN2O5. The maximum Gasteiger partial charge on any atom is 0.289 e. The Morgan fingerprint density at radius 3 is 2.16 bits per heavy atom. The van der Waals surface area contributed by atoms with Crippen LogP contribution in [0.1, 0.15) is 20.9 Å². The summed E-state index contributed by atoms with van der Waals surface area (Å²) in [7, 11) is 3.08. The molecule has 0 spiro atoms. The molecule has 0 unspecified atom stereocenters. The molecule has 2 heterocycles. The Morgan fingerprint density at radius 2 is 1.50 bits per heavy atom. The number of benzene rings is 2. The van der Waals surface area contributed by atoms with E-state index in [9.17, 15) is 9.59 Å². The van der Waals surface area contributed by atoms with Crippen molar-refractivity contribution < 1.29 is 23.5 Å². The number of hydrogen-bond acceptors (Lipinski definition) is 5. The number of piperazine rings is 1. The molecule has 32 heavy (non-hydrogen) atoms. The number of rotatable bonds is 5. The number of methoxy groups -OCH3 is 2. The van der Waals surface area contributed by atoms with Crippen molar-refractivity contribution in [1.82, 2.24) is 9.80 Å². The standard InChI is InChI=1S/C24H23ClN2O5/c1-30-20-8-7-16(15-22(20)31-2)23(28)26-11-13-27(14-12-26)24(29)21-10-9-19(32-21)17-5-3-4-6-18(17)25/h3-10,15H,11-14H2,1-2H3. The fraction of sp³-hybridized carbons (Fsp3) is 0.250. The van der Waals surface area contributed by atoms with Crippen molar-refractivity contribution in [3.8, 4) is 22.8 Å². The minimum atomic E-state index is -0.207. The zero-order valence-electron chi connectivity index (χ0n) is 17.8. The molecule has 0 atom stereocenters. The van der Waals surface area contributed by atoms with Gasteiger partial charge in [0, 0.05) is 37.3 Å². The third-order valence-electron chi connectivity index (χ3n) is 5.44. The van der Waals surface area contributed by atoms with E-state index in [1.807, 2.05) is 18.2 Å². The predicted molar refractivity (Wildman–Crippen MR) is 121 cm³/mol. The van der Waals surface area contributed by atoms with Crippen molar-refractivity contribution in [1.29, 1.82) is 0 Å². The third kappa shape index (κ3) is 4.29. The Balaban J connectivity index is 1.40. The highest BCUT2D eigenvalue weighted by Gasteiger charge is 2.27. The summed E-state index contributed by atoms with van der Waals surface area (Å²) in [6.07, 6.45) is 0. The monoisotopic (exact) mass is 454 g/mol. The lowest BCUT2D eigenvalue weighted by molar-refractivity contribution is 0.0518. The average molecular weight is 455 g/mol. The summed E-state index contributed by atoms with van der Waals surface area (Å²) in [5.41, 5.74) is 1.25. The first-order valence-corrected chi connectivity index (χ1v) is 10.5. The fourth-order valence-corrected chi connectivity index (χ4v) is 3.91. The average Bonchev–Trinajstić information content (AvgIpc) is 3.33. The Kier molecular flexibility index (Phi) is 6.37. The van der Waals surface area contributed by atoms with Crippen LogP contribution in [0.4, 0.5) is 0 Å². The highest BCUT2D eigenvalue weighted by Crippen LogP contribution is 2.30. The van der Waals surface area contributed by atoms with Gasteiger partial charge >= 0.3 is 0 Å². The summed E-state index contributed by atoms with van der Waals surface area (Å²) >= 11 is 6.22. The molecule has 1 aromatic heterocycles. The number of ether oxygens (including phenoxy) is 2. The van der Waals surface area contributed by atoms with Crippen LogP contribution in [0, 0.1) is 0 Å². The maximum atomic E-state index is 12.9. The summed E-state index contributed by atoms with van der Waals surface area (Å²) in [6, 6.07) is 15.8. The predicted octanol–water partition coefficient (Wildman–Crippen LogP) is 4.22. The first-order chi connectivity index (χ1) is 15.5. The van der Waals surface area contributed by atoms with E-state index in [4.69, 9.17) is 25.5 Å². The van der Waals surface area contributed by atoms with Crippen LogP contribution in [0.15, 0.2) is 59.0 Å². The van der Waals surface area contributed by atoms with E-state index in [-0.39, 0.29) is 17.6 Å². The lowest BCUT2D eigenvalue weighted by atomic mass is 10.1. The first-order valence-electron chi connectivity index (χ1n) is 10.2. The molecule has 8 heteroatoms. The van der Waals surface area contributed by atoms with Crippen LogP contribution in [0.2, 0.25) is 5.02 Å². The number of carbonyl (C=O) groups excluding carboxylic acids is 2.